The zero-order valence-electron chi connectivity index (χ0n) is 10.2. The minimum absolute atomic E-state index is 0.201. The van der Waals surface area contributed by atoms with Crippen LogP contribution in [0.4, 0.5) is 0 Å². The number of hydrogen-bond acceptors (Lipinski definition) is 2. The van der Waals surface area contributed by atoms with Gasteiger partial charge in [-0.15, -0.1) is 0 Å². The molecular formula is C13H20O2S. The van der Waals surface area contributed by atoms with E-state index in [0.29, 0.717) is 4.90 Å². The standard InChI is InChI=1S/C13H20O2S/c1-13(2,3)10-7-11-16(14,15)12-8-5-4-6-9-12/h4-6,8-9H,7,10-11H2,1-3H3. The molecule has 0 heterocycles. The third kappa shape index (κ3) is 4.35. The van der Waals surface area contributed by atoms with Crippen LogP contribution in [0.15, 0.2) is 35.2 Å². The second-order valence-electron chi connectivity index (χ2n) is 5.30. The summed E-state index contributed by atoms with van der Waals surface area (Å²) in [7, 11) is -3.08. The van der Waals surface area contributed by atoms with Crippen LogP contribution in [0.2, 0.25) is 0 Å². The molecule has 16 heavy (non-hydrogen) atoms. The van der Waals surface area contributed by atoms with Crippen molar-refractivity contribution in [2.45, 2.75) is 38.5 Å². The van der Waals surface area contributed by atoms with Crippen molar-refractivity contribution in [3.63, 3.8) is 0 Å². The highest BCUT2D eigenvalue weighted by Crippen LogP contribution is 2.22. The Morgan fingerprint density at radius 1 is 1.06 bits per heavy atom. The van der Waals surface area contributed by atoms with Crippen LogP contribution < -0.4 is 0 Å². The smallest absolute Gasteiger partial charge is 0.178 e. The molecule has 0 bridgehead atoms. The molecule has 1 aromatic rings. The lowest BCUT2D eigenvalue weighted by Crippen LogP contribution is -2.11. The molecule has 0 aliphatic rings. The highest BCUT2D eigenvalue weighted by atomic mass is 32.2. The van der Waals surface area contributed by atoms with Crippen molar-refractivity contribution in [2.24, 2.45) is 5.41 Å². The minimum atomic E-state index is -3.08. The van der Waals surface area contributed by atoms with Crippen LogP contribution in [0.3, 0.4) is 0 Å². The molecular weight excluding hydrogens is 220 g/mol. The zero-order valence-corrected chi connectivity index (χ0v) is 11.0. The first-order chi connectivity index (χ1) is 7.31. The van der Waals surface area contributed by atoms with Gasteiger partial charge in [-0.25, -0.2) is 8.42 Å². The Balaban J connectivity index is 2.61. The summed E-state index contributed by atoms with van der Waals surface area (Å²) in [5.74, 6) is 0.244. The van der Waals surface area contributed by atoms with Gasteiger partial charge in [0.15, 0.2) is 9.84 Å². The lowest BCUT2D eigenvalue weighted by Gasteiger charge is -2.17. The van der Waals surface area contributed by atoms with Gasteiger partial charge in [0, 0.05) is 0 Å². The molecule has 0 fully saturated rings. The van der Waals surface area contributed by atoms with Gasteiger partial charge in [-0.1, -0.05) is 39.0 Å². The van der Waals surface area contributed by atoms with E-state index < -0.39 is 9.84 Å². The summed E-state index contributed by atoms with van der Waals surface area (Å²) in [5.41, 5.74) is 0.201. The highest BCUT2D eigenvalue weighted by Gasteiger charge is 2.16. The average Bonchev–Trinajstić information content (AvgIpc) is 2.17. The van der Waals surface area contributed by atoms with Crippen molar-refractivity contribution in [1.29, 1.82) is 0 Å². The van der Waals surface area contributed by atoms with Crippen LogP contribution in [-0.4, -0.2) is 14.2 Å². The van der Waals surface area contributed by atoms with Gasteiger partial charge in [0.25, 0.3) is 0 Å². The largest absolute Gasteiger partial charge is 0.224 e. The maximum Gasteiger partial charge on any atom is 0.178 e. The maximum atomic E-state index is 11.9. The van der Waals surface area contributed by atoms with Crippen LogP contribution in [0.1, 0.15) is 33.6 Å². The van der Waals surface area contributed by atoms with Crippen LogP contribution >= 0.6 is 0 Å². The fraction of sp³-hybridized carbons (Fsp3) is 0.538. The number of sulfone groups is 1. The molecule has 0 unspecified atom stereocenters. The molecule has 0 spiro atoms. The predicted molar refractivity (Wildman–Crippen MR) is 67.2 cm³/mol. The molecule has 0 N–H and O–H groups in total. The third-order valence-corrected chi connectivity index (χ3v) is 4.26. The molecule has 90 valence electrons. The van der Waals surface area contributed by atoms with Crippen molar-refractivity contribution in [3.8, 4) is 0 Å². The van der Waals surface area contributed by atoms with Crippen LogP contribution in [-0.2, 0) is 9.84 Å². The van der Waals surface area contributed by atoms with Crippen molar-refractivity contribution < 1.29 is 8.42 Å². The Morgan fingerprint density at radius 3 is 2.12 bits per heavy atom. The van der Waals surface area contributed by atoms with Crippen molar-refractivity contribution >= 4 is 9.84 Å². The molecule has 0 amide bonds. The van der Waals surface area contributed by atoms with Crippen LogP contribution in [0.25, 0.3) is 0 Å². The normalized spacial score (nSPS) is 12.7. The van der Waals surface area contributed by atoms with Gasteiger partial charge in [0.1, 0.15) is 0 Å². The van der Waals surface area contributed by atoms with E-state index in [-0.39, 0.29) is 11.2 Å². The van der Waals surface area contributed by atoms with E-state index in [9.17, 15) is 8.42 Å². The molecule has 0 radical (unpaired) electrons. The lowest BCUT2D eigenvalue weighted by molar-refractivity contribution is 0.373. The Labute approximate surface area is 98.6 Å². The van der Waals surface area contributed by atoms with Gasteiger partial charge in [0.05, 0.1) is 10.6 Å². The molecule has 1 aromatic carbocycles. The van der Waals surface area contributed by atoms with E-state index in [2.05, 4.69) is 20.8 Å². The molecule has 0 aliphatic carbocycles. The molecule has 1 rings (SSSR count). The second kappa shape index (κ2) is 5.00. The SMILES string of the molecule is CC(C)(C)CCCS(=O)(=O)c1ccccc1. The van der Waals surface area contributed by atoms with Gasteiger partial charge >= 0.3 is 0 Å². The summed E-state index contributed by atoms with van der Waals surface area (Å²) in [4.78, 5) is 0.434. The van der Waals surface area contributed by atoms with E-state index in [1.165, 1.54) is 0 Å². The minimum Gasteiger partial charge on any atom is -0.224 e. The van der Waals surface area contributed by atoms with E-state index in [0.717, 1.165) is 12.8 Å². The number of rotatable bonds is 4. The predicted octanol–water partition coefficient (Wildman–Crippen LogP) is 3.29. The van der Waals surface area contributed by atoms with Gasteiger partial charge in [-0.05, 0) is 30.4 Å². The van der Waals surface area contributed by atoms with Crippen molar-refractivity contribution in [2.75, 3.05) is 5.75 Å². The first-order valence-corrected chi connectivity index (χ1v) is 7.24. The summed E-state index contributed by atoms with van der Waals surface area (Å²) in [6.07, 6.45) is 1.65. The second-order valence-corrected chi connectivity index (χ2v) is 7.41. The fourth-order valence-electron chi connectivity index (χ4n) is 1.54. The molecule has 0 aliphatic heterocycles. The van der Waals surface area contributed by atoms with E-state index in [1.54, 1.807) is 24.3 Å². The average molecular weight is 240 g/mol. The molecule has 0 atom stereocenters. The summed E-state index contributed by atoms with van der Waals surface area (Å²) >= 11 is 0. The van der Waals surface area contributed by atoms with E-state index in [4.69, 9.17) is 0 Å². The Hall–Kier alpha value is -0.830. The van der Waals surface area contributed by atoms with Gasteiger partial charge < -0.3 is 0 Å². The zero-order chi connectivity index (χ0) is 12.2. The van der Waals surface area contributed by atoms with Crippen LogP contribution in [0, 0.1) is 5.41 Å². The van der Waals surface area contributed by atoms with E-state index >= 15 is 0 Å². The Morgan fingerprint density at radius 2 is 1.62 bits per heavy atom. The Bertz CT molecular complexity index is 413. The topological polar surface area (TPSA) is 34.1 Å². The van der Waals surface area contributed by atoms with Gasteiger partial charge in [0.2, 0.25) is 0 Å². The van der Waals surface area contributed by atoms with Crippen molar-refractivity contribution in [1.82, 2.24) is 0 Å². The fourth-order valence-corrected chi connectivity index (χ4v) is 2.87. The number of hydrogen-bond donors (Lipinski definition) is 0. The first-order valence-electron chi connectivity index (χ1n) is 5.59. The maximum absolute atomic E-state index is 11.9. The van der Waals surface area contributed by atoms with E-state index in [1.807, 2.05) is 6.07 Å². The molecule has 2 nitrogen and oxygen atoms in total. The Kier molecular flexibility index (Phi) is 4.14. The summed E-state index contributed by atoms with van der Waals surface area (Å²) in [6, 6.07) is 8.67. The van der Waals surface area contributed by atoms with Gasteiger partial charge in [-0.3, -0.25) is 0 Å². The first kappa shape index (κ1) is 13.2. The molecule has 0 saturated carbocycles. The summed E-state index contributed by atoms with van der Waals surface area (Å²) in [5, 5.41) is 0. The highest BCUT2D eigenvalue weighted by molar-refractivity contribution is 7.91. The molecule has 3 heteroatoms. The summed E-state index contributed by atoms with van der Waals surface area (Å²) in [6.45, 7) is 6.38. The third-order valence-electron chi connectivity index (χ3n) is 2.44. The van der Waals surface area contributed by atoms with Crippen molar-refractivity contribution in [3.05, 3.63) is 30.3 Å². The van der Waals surface area contributed by atoms with Gasteiger partial charge in [-0.2, -0.15) is 0 Å². The van der Waals surface area contributed by atoms with Crippen LogP contribution in [0.5, 0.6) is 0 Å². The quantitative estimate of drug-likeness (QED) is 0.809. The molecule has 0 aromatic heterocycles. The number of benzene rings is 1. The summed E-state index contributed by atoms with van der Waals surface area (Å²) < 4.78 is 23.8. The molecule has 0 saturated heterocycles. The monoisotopic (exact) mass is 240 g/mol. The lowest BCUT2D eigenvalue weighted by atomic mass is 9.91.